The first-order chi connectivity index (χ1) is 9.42. The Morgan fingerprint density at radius 3 is 2.65 bits per heavy atom. The normalized spacial score (nSPS) is 13.4. The molecule has 1 unspecified atom stereocenters. The van der Waals surface area contributed by atoms with Gasteiger partial charge in [-0.2, -0.15) is 0 Å². The summed E-state index contributed by atoms with van der Waals surface area (Å²) in [6.07, 6.45) is 1.46. The number of sulfonamides is 1. The van der Waals surface area contributed by atoms with Gasteiger partial charge in [0.15, 0.2) is 5.03 Å². The minimum Gasteiger partial charge on any atom is -0.386 e. The summed E-state index contributed by atoms with van der Waals surface area (Å²) in [7, 11) is -2.02. The molecule has 20 heavy (non-hydrogen) atoms. The number of aromatic nitrogens is 1. The van der Waals surface area contributed by atoms with Crippen LogP contribution in [-0.4, -0.2) is 39.7 Å². The molecule has 1 heterocycles. The monoisotopic (exact) mass is 301 g/mol. The molecule has 0 aliphatic carbocycles. The Labute approximate surface area is 121 Å². The van der Waals surface area contributed by atoms with Gasteiger partial charge in [-0.3, -0.25) is 0 Å². The molecule has 6 nitrogen and oxygen atoms in total. The fourth-order valence-corrected chi connectivity index (χ4v) is 3.17. The van der Waals surface area contributed by atoms with Gasteiger partial charge in [0.05, 0.1) is 12.3 Å². The summed E-state index contributed by atoms with van der Waals surface area (Å²) in [5.74, 6) is 0.123. The van der Waals surface area contributed by atoms with Crippen LogP contribution in [0, 0.1) is 5.92 Å². The average Bonchev–Trinajstić information content (AvgIpc) is 2.43. The van der Waals surface area contributed by atoms with Crippen molar-refractivity contribution in [2.75, 3.05) is 25.6 Å². The van der Waals surface area contributed by atoms with Crippen molar-refractivity contribution in [2.45, 2.75) is 31.8 Å². The van der Waals surface area contributed by atoms with E-state index in [0.29, 0.717) is 18.9 Å². The van der Waals surface area contributed by atoms with Crippen LogP contribution in [-0.2, 0) is 14.8 Å². The highest BCUT2D eigenvalue weighted by molar-refractivity contribution is 7.89. The zero-order valence-electron chi connectivity index (χ0n) is 12.4. The molecule has 2 N–H and O–H groups in total. The zero-order chi connectivity index (χ0) is 15.2. The third-order valence-electron chi connectivity index (χ3n) is 2.91. The summed E-state index contributed by atoms with van der Waals surface area (Å²) < 4.78 is 32.8. The first-order valence-corrected chi connectivity index (χ1v) is 8.13. The van der Waals surface area contributed by atoms with Gasteiger partial charge in [-0.1, -0.05) is 13.8 Å². The lowest BCUT2D eigenvalue weighted by atomic mass is 10.1. The lowest BCUT2D eigenvalue weighted by molar-refractivity contribution is 0.116. The molecule has 1 atom stereocenters. The fourth-order valence-electron chi connectivity index (χ4n) is 1.66. The van der Waals surface area contributed by atoms with E-state index in [-0.39, 0.29) is 17.0 Å². The average molecular weight is 301 g/mol. The highest BCUT2D eigenvalue weighted by Gasteiger charge is 2.25. The maximum Gasteiger partial charge on any atom is 0.260 e. The van der Waals surface area contributed by atoms with Gasteiger partial charge in [-0.05, 0) is 25.0 Å². The minimum atomic E-state index is -3.68. The summed E-state index contributed by atoms with van der Waals surface area (Å²) in [6.45, 7) is 6.67. The molecule has 0 aliphatic rings. The summed E-state index contributed by atoms with van der Waals surface area (Å²) in [5, 5.41) is 2.84. The van der Waals surface area contributed by atoms with Crippen LogP contribution in [0.3, 0.4) is 0 Å². The van der Waals surface area contributed by atoms with E-state index in [2.05, 4.69) is 15.0 Å². The van der Waals surface area contributed by atoms with Crippen LogP contribution >= 0.6 is 0 Å². The van der Waals surface area contributed by atoms with E-state index in [1.165, 1.54) is 6.20 Å². The fraction of sp³-hybridized carbons (Fsp3) is 0.615. The van der Waals surface area contributed by atoms with Gasteiger partial charge in [0.2, 0.25) is 0 Å². The Bertz CT molecular complexity index is 517. The molecule has 0 fully saturated rings. The smallest absolute Gasteiger partial charge is 0.260 e. The lowest BCUT2D eigenvalue weighted by Crippen LogP contribution is -2.42. The Balaban J connectivity index is 2.97. The number of nitrogens with zero attached hydrogens (tertiary/aromatic N) is 1. The van der Waals surface area contributed by atoms with Crippen LogP contribution in [0.1, 0.15) is 20.8 Å². The summed E-state index contributed by atoms with van der Waals surface area (Å²) in [6, 6.07) is 3.08. The lowest BCUT2D eigenvalue weighted by Gasteiger charge is -2.22. The predicted molar refractivity (Wildman–Crippen MR) is 79.2 cm³/mol. The molecule has 0 aromatic carbocycles. The van der Waals surface area contributed by atoms with Crippen LogP contribution < -0.4 is 10.0 Å². The van der Waals surface area contributed by atoms with Gasteiger partial charge >= 0.3 is 0 Å². The predicted octanol–water partition coefficient (Wildman–Crippen LogP) is 1.46. The topological polar surface area (TPSA) is 80.3 Å². The van der Waals surface area contributed by atoms with E-state index in [0.717, 1.165) is 0 Å². The Kier molecular flexibility index (Phi) is 6.38. The van der Waals surface area contributed by atoms with Gasteiger partial charge < -0.3 is 10.1 Å². The highest BCUT2D eigenvalue weighted by atomic mass is 32.2. The number of hydrogen-bond donors (Lipinski definition) is 2. The molecule has 0 radical (unpaired) electrons. The summed E-state index contributed by atoms with van der Waals surface area (Å²) >= 11 is 0. The van der Waals surface area contributed by atoms with Crippen molar-refractivity contribution in [3.63, 3.8) is 0 Å². The summed E-state index contributed by atoms with van der Waals surface area (Å²) in [5.41, 5.74) is 0.471. The van der Waals surface area contributed by atoms with Crippen LogP contribution in [0.25, 0.3) is 0 Å². The Hall–Kier alpha value is -1.18. The highest BCUT2D eigenvalue weighted by Crippen LogP contribution is 2.18. The van der Waals surface area contributed by atoms with E-state index >= 15 is 0 Å². The van der Waals surface area contributed by atoms with Crippen molar-refractivity contribution < 1.29 is 13.2 Å². The van der Waals surface area contributed by atoms with Gasteiger partial charge in [0.25, 0.3) is 10.0 Å². The molecule has 7 heteroatoms. The second-order valence-corrected chi connectivity index (χ2v) is 6.37. The van der Waals surface area contributed by atoms with E-state index in [1.807, 2.05) is 20.8 Å². The maximum absolute atomic E-state index is 12.4. The number of pyridine rings is 1. The third kappa shape index (κ3) is 4.43. The molecule has 0 saturated carbocycles. The van der Waals surface area contributed by atoms with E-state index in [9.17, 15) is 8.42 Å². The molecule has 0 aliphatic heterocycles. The van der Waals surface area contributed by atoms with Crippen molar-refractivity contribution in [2.24, 2.45) is 5.92 Å². The van der Waals surface area contributed by atoms with Gasteiger partial charge in [-0.25, -0.2) is 18.1 Å². The SMILES string of the molecule is CCOCC(NS(=O)(=O)c1ncccc1NC)C(C)C. The molecule has 0 saturated heterocycles. The van der Waals surface area contributed by atoms with E-state index in [4.69, 9.17) is 4.74 Å². The van der Waals surface area contributed by atoms with E-state index < -0.39 is 10.0 Å². The Morgan fingerprint density at radius 1 is 1.40 bits per heavy atom. The quantitative estimate of drug-likeness (QED) is 0.760. The van der Waals surface area contributed by atoms with Crippen LogP contribution in [0.15, 0.2) is 23.4 Å². The van der Waals surface area contributed by atoms with Gasteiger partial charge in [0.1, 0.15) is 0 Å². The number of hydrogen-bond acceptors (Lipinski definition) is 5. The number of rotatable bonds is 8. The second-order valence-electron chi connectivity index (χ2n) is 4.74. The maximum atomic E-state index is 12.4. The molecular weight excluding hydrogens is 278 g/mol. The summed E-state index contributed by atoms with van der Waals surface area (Å²) in [4.78, 5) is 3.96. The largest absolute Gasteiger partial charge is 0.386 e. The molecule has 1 rings (SSSR count). The van der Waals surface area contributed by atoms with Crippen molar-refractivity contribution in [1.29, 1.82) is 0 Å². The van der Waals surface area contributed by atoms with Crippen molar-refractivity contribution in [1.82, 2.24) is 9.71 Å². The first-order valence-electron chi connectivity index (χ1n) is 6.65. The number of anilines is 1. The van der Waals surface area contributed by atoms with Crippen LogP contribution in [0.5, 0.6) is 0 Å². The van der Waals surface area contributed by atoms with Crippen molar-refractivity contribution in [3.8, 4) is 0 Å². The molecule has 1 aromatic rings. The number of nitrogens with one attached hydrogen (secondary N) is 2. The molecule has 114 valence electrons. The third-order valence-corrected chi connectivity index (χ3v) is 4.36. The zero-order valence-corrected chi connectivity index (χ0v) is 13.2. The molecular formula is C13H23N3O3S. The number of ether oxygens (including phenoxy) is 1. The molecule has 0 spiro atoms. The van der Waals surface area contributed by atoms with E-state index in [1.54, 1.807) is 19.2 Å². The molecule has 1 aromatic heterocycles. The van der Waals surface area contributed by atoms with Crippen LogP contribution in [0.2, 0.25) is 0 Å². The van der Waals surface area contributed by atoms with Crippen molar-refractivity contribution in [3.05, 3.63) is 18.3 Å². The first kappa shape index (κ1) is 16.9. The second kappa shape index (κ2) is 7.56. The van der Waals surface area contributed by atoms with Crippen molar-refractivity contribution >= 4 is 15.7 Å². The van der Waals surface area contributed by atoms with Gasteiger partial charge in [0, 0.05) is 25.9 Å². The molecule has 0 bridgehead atoms. The minimum absolute atomic E-state index is 0.00430. The molecule has 0 amide bonds. The Morgan fingerprint density at radius 2 is 2.10 bits per heavy atom. The standard InChI is InChI=1S/C13H23N3O3S/c1-5-19-9-12(10(2)3)16-20(17,18)13-11(14-4)7-6-8-15-13/h6-8,10,12,14,16H,5,9H2,1-4H3. The van der Waals surface area contributed by atoms with Gasteiger partial charge in [-0.15, -0.1) is 0 Å². The van der Waals surface area contributed by atoms with Crippen LogP contribution in [0.4, 0.5) is 5.69 Å².